The molecule has 0 aliphatic carbocycles. The Morgan fingerprint density at radius 3 is 2.95 bits per heavy atom. The van der Waals surface area contributed by atoms with Crippen molar-refractivity contribution in [2.45, 2.75) is 26.3 Å². The summed E-state index contributed by atoms with van der Waals surface area (Å²) in [6.45, 7) is 5.76. The molecular formula is C16H25N3O2. The van der Waals surface area contributed by atoms with Gasteiger partial charge in [0.1, 0.15) is 5.75 Å². The first-order chi connectivity index (χ1) is 10.0. The van der Waals surface area contributed by atoms with Crippen molar-refractivity contribution >= 4 is 5.91 Å². The summed E-state index contributed by atoms with van der Waals surface area (Å²) in [5, 5.41) is 0. The number of rotatable bonds is 7. The quantitative estimate of drug-likeness (QED) is 0.737. The molecule has 21 heavy (non-hydrogen) atoms. The number of primary amides is 1. The molecule has 0 spiro atoms. The predicted molar refractivity (Wildman–Crippen MR) is 82.8 cm³/mol. The van der Waals surface area contributed by atoms with Gasteiger partial charge in [-0.15, -0.1) is 0 Å². The van der Waals surface area contributed by atoms with Gasteiger partial charge in [0, 0.05) is 19.6 Å². The standard InChI is InChI=1S/C16H25N3O2/c1-16(15(18)20)6-8-19(12-16)7-3-9-21-14-5-2-4-13(10-14)11-17/h2,4-5,10H,3,6-9,11-12,17H2,1H3,(H2,18,20). The van der Waals surface area contributed by atoms with Gasteiger partial charge >= 0.3 is 0 Å². The van der Waals surface area contributed by atoms with Crippen LogP contribution in [0.15, 0.2) is 24.3 Å². The van der Waals surface area contributed by atoms with E-state index in [0.717, 1.165) is 43.8 Å². The molecule has 1 aliphatic rings. The highest BCUT2D eigenvalue weighted by Crippen LogP contribution is 2.29. The smallest absolute Gasteiger partial charge is 0.224 e. The molecule has 1 saturated heterocycles. The lowest BCUT2D eigenvalue weighted by molar-refractivity contribution is -0.126. The average Bonchev–Trinajstić information content (AvgIpc) is 2.87. The molecule has 0 radical (unpaired) electrons. The molecule has 1 atom stereocenters. The second-order valence-electron chi connectivity index (χ2n) is 6.00. The van der Waals surface area contributed by atoms with Gasteiger partial charge in [-0.2, -0.15) is 0 Å². The van der Waals surface area contributed by atoms with Crippen molar-refractivity contribution in [2.75, 3.05) is 26.2 Å². The summed E-state index contributed by atoms with van der Waals surface area (Å²) >= 11 is 0. The molecular weight excluding hydrogens is 266 g/mol. The van der Waals surface area contributed by atoms with Crippen LogP contribution in [-0.4, -0.2) is 37.0 Å². The van der Waals surface area contributed by atoms with E-state index in [1.165, 1.54) is 0 Å². The maximum absolute atomic E-state index is 11.4. The van der Waals surface area contributed by atoms with Crippen LogP contribution in [0.4, 0.5) is 0 Å². The largest absolute Gasteiger partial charge is 0.494 e. The fourth-order valence-electron chi connectivity index (χ4n) is 2.69. The monoisotopic (exact) mass is 291 g/mol. The number of hydrogen-bond acceptors (Lipinski definition) is 4. The first-order valence-corrected chi connectivity index (χ1v) is 7.47. The molecule has 116 valence electrons. The van der Waals surface area contributed by atoms with Gasteiger partial charge in [-0.25, -0.2) is 0 Å². The van der Waals surface area contributed by atoms with E-state index >= 15 is 0 Å². The third kappa shape index (κ3) is 4.19. The Labute approximate surface area is 126 Å². The van der Waals surface area contributed by atoms with E-state index in [1.807, 2.05) is 31.2 Å². The number of carbonyl (C=O) groups is 1. The highest BCUT2D eigenvalue weighted by Gasteiger charge is 2.38. The zero-order chi connectivity index (χ0) is 15.3. The van der Waals surface area contributed by atoms with Crippen LogP contribution < -0.4 is 16.2 Å². The van der Waals surface area contributed by atoms with Gasteiger partial charge < -0.3 is 21.1 Å². The molecule has 5 heteroatoms. The molecule has 1 heterocycles. The maximum atomic E-state index is 11.4. The molecule has 1 fully saturated rings. The van der Waals surface area contributed by atoms with Crippen LogP contribution in [0.3, 0.4) is 0 Å². The van der Waals surface area contributed by atoms with E-state index in [2.05, 4.69) is 4.90 Å². The van der Waals surface area contributed by atoms with E-state index in [9.17, 15) is 4.79 Å². The molecule has 5 nitrogen and oxygen atoms in total. The average molecular weight is 291 g/mol. The number of likely N-dealkylation sites (tertiary alicyclic amines) is 1. The fraction of sp³-hybridized carbons (Fsp3) is 0.562. The predicted octanol–water partition coefficient (Wildman–Crippen LogP) is 1.11. The van der Waals surface area contributed by atoms with Gasteiger partial charge in [0.05, 0.1) is 12.0 Å². The normalized spacial score (nSPS) is 22.4. The van der Waals surface area contributed by atoms with Crippen molar-refractivity contribution in [3.8, 4) is 5.75 Å². The molecule has 0 aromatic heterocycles. The molecule has 1 aliphatic heterocycles. The Morgan fingerprint density at radius 2 is 2.29 bits per heavy atom. The molecule has 2 rings (SSSR count). The van der Waals surface area contributed by atoms with Crippen LogP contribution in [0, 0.1) is 5.41 Å². The zero-order valence-corrected chi connectivity index (χ0v) is 12.7. The minimum atomic E-state index is -0.365. The number of ether oxygens (including phenoxy) is 1. The second kappa shape index (κ2) is 6.91. The third-order valence-corrected chi connectivity index (χ3v) is 4.17. The lowest BCUT2D eigenvalue weighted by atomic mass is 9.89. The van der Waals surface area contributed by atoms with Crippen molar-refractivity contribution in [3.05, 3.63) is 29.8 Å². The molecule has 0 bridgehead atoms. The highest BCUT2D eigenvalue weighted by atomic mass is 16.5. The summed E-state index contributed by atoms with van der Waals surface area (Å²) in [5.41, 5.74) is 11.8. The molecule has 1 aromatic rings. The first-order valence-electron chi connectivity index (χ1n) is 7.47. The maximum Gasteiger partial charge on any atom is 0.224 e. The van der Waals surface area contributed by atoms with Crippen molar-refractivity contribution in [1.29, 1.82) is 0 Å². The van der Waals surface area contributed by atoms with Crippen molar-refractivity contribution in [3.63, 3.8) is 0 Å². The van der Waals surface area contributed by atoms with Crippen LogP contribution in [0.25, 0.3) is 0 Å². The summed E-state index contributed by atoms with van der Waals surface area (Å²) < 4.78 is 5.73. The third-order valence-electron chi connectivity index (χ3n) is 4.17. The van der Waals surface area contributed by atoms with Gasteiger partial charge in [0.25, 0.3) is 0 Å². The first kappa shape index (κ1) is 15.8. The lowest BCUT2D eigenvalue weighted by Gasteiger charge is -2.21. The number of carbonyl (C=O) groups excluding carboxylic acids is 1. The second-order valence-corrected chi connectivity index (χ2v) is 6.00. The molecule has 1 amide bonds. The van der Waals surface area contributed by atoms with Crippen molar-refractivity contribution < 1.29 is 9.53 Å². The van der Waals surface area contributed by atoms with Crippen molar-refractivity contribution in [2.24, 2.45) is 16.9 Å². The van der Waals surface area contributed by atoms with E-state index in [4.69, 9.17) is 16.2 Å². The topological polar surface area (TPSA) is 81.6 Å². The SMILES string of the molecule is CC1(C(N)=O)CCN(CCCOc2cccc(CN)c2)C1. The number of nitrogens with zero attached hydrogens (tertiary/aromatic N) is 1. The van der Waals surface area contributed by atoms with Gasteiger partial charge in [-0.3, -0.25) is 4.79 Å². The Kier molecular flexibility index (Phi) is 5.20. The Morgan fingerprint density at radius 1 is 1.48 bits per heavy atom. The Bertz CT molecular complexity index is 492. The summed E-state index contributed by atoms with van der Waals surface area (Å²) in [5.74, 6) is 0.668. The molecule has 1 unspecified atom stereocenters. The number of benzene rings is 1. The fourth-order valence-corrected chi connectivity index (χ4v) is 2.69. The summed E-state index contributed by atoms with van der Waals surface area (Å²) in [4.78, 5) is 13.7. The number of amides is 1. The van der Waals surface area contributed by atoms with Crippen LogP contribution in [0.5, 0.6) is 5.75 Å². The van der Waals surface area contributed by atoms with E-state index < -0.39 is 0 Å². The zero-order valence-electron chi connectivity index (χ0n) is 12.7. The van der Waals surface area contributed by atoms with Crippen LogP contribution in [0.1, 0.15) is 25.3 Å². The Hall–Kier alpha value is -1.59. The highest BCUT2D eigenvalue weighted by molar-refractivity contribution is 5.81. The van der Waals surface area contributed by atoms with Gasteiger partial charge in [-0.05, 0) is 44.0 Å². The summed E-state index contributed by atoms with van der Waals surface area (Å²) in [6, 6.07) is 7.86. The minimum absolute atomic E-state index is 0.195. The van der Waals surface area contributed by atoms with Crippen LogP contribution in [0.2, 0.25) is 0 Å². The lowest BCUT2D eigenvalue weighted by Crippen LogP contribution is -2.37. The Balaban J connectivity index is 1.70. The van der Waals surface area contributed by atoms with Crippen molar-refractivity contribution in [1.82, 2.24) is 4.90 Å². The molecule has 0 saturated carbocycles. The van der Waals surface area contributed by atoms with Gasteiger partial charge in [0.2, 0.25) is 5.91 Å². The van der Waals surface area contributed by atoms with E-state index in [0.29, 0.717) is 13.2 Å². The minimum Gasteiger partial charge on any atom is -0.494 e. The number of nitrogens with two attached hydrogens (primary N) is 2. The van der Waals surface area contributed by atoms with Crippen LogP contribution >= 0.6 is 0 Å². The molecule has 4 N–H and O–H groups in total. The van der Waals surface area contributed by atoms with E-state index in [1.54, 1.807) is 0 Å². The molecule has 1 aromatic carbocycles. The van der Waals surface area contributed by atoms with Gasteiger partial charge in [-0.1, -0.05) is 12.1 Å². The van der Waals surface area contributed by atoms with Crippen LogP contribution in [-0.2, 0) is 11.3 Å². The van der Waals surface area contributed by atoms with E-state index in [-0.39, 0.29) is 11.3 Å². The number of hydrogen-bond donors (Lipinski definition) is 2. The summed E-state index contributed by atoms with van der Waals surface area (Å²) in [7, 11) is 0. The van der Waals surface area contributed by atoms with Gasteiger partial charge in [0.15, 0.2) is 0 Å². The summed E-state index contributed by atoms with van der Waals surface area (Å²) in [6.07, 6.45) is 1.78.